The summed E-state index contributed by atoms with van der Waals surface area (Å²) in [5.41, 5.74) is 4.09. The van der Waals surface area contributed by atoms with Crippen molar-refractivity contribution in [3.63, 3.8) is 0 Å². The Morgan fingerprint density at radius 2 is 1.76 bits per heavy atom. The number of likely N-dealkylation sites (tertiary alicyclic amines) is 1. The van der Waals surface area contributed by atoms with Gasteiger partial charge in [0.2, 0.25) is 0 Å². The number of aromatic nitrogens is 4. The van der Waals surface area contributed by atoms with Crippen molar-refractivity contribution in [2.45, 2.75) is 31.0 Å². The van der Waals surface area contributed by atoms with Crippen molar-refractivity contribution < 1.29 is 9.13 Å². The lowest BCUT2D eigenvalue weighted by Crippen LogP contribution is -2.51. The Morgan fingerprint density at radius 3 is 2.46 bits per heavy atom. The first-order valence-corrected chi connectivity index (χ1v) is 16.0. The molecule has 0 amide bonds. The lowest BCUT2D eigenvalue weighted by Gasteiger charge is -2.41. The maximum Gasteiger partial charge on any atom is 0.141 e. The Morgan fingerprint density at radius 1 is 0.978 bits per heavy atom. The number of hydrogen-bond donors (Lipinski definition) is 2. The van der Waals surface area contributed by atoms with Crippen molar-refractivity contribution in [1.82, 2.24) is 24.9 Å². The zero-order chi connectivity index (χ0) is 31.8. The highest BCUT2D eigenvalue weighted by atomic mass is 35.5. The quantitative estimate of drug-likeness (QED) is 0.172. The topological polar surface area (TPSA) is 104 Å². The summed E-state index contributed by atoms with van der Waals surface area (Å²) < 4.78 is 21.2. The van der Waals surface area contributed by atoms with E-state index in [0.717, 1.165) is 50.4 Å². The van der Waals surface area contributed by atoms with Crippen molar-refractivity contribution in [2.75, 3.05) is 36.9 Å². The van der Waals surface area contributed by atoms with Gasteiger partial charge in [0.05, 0.1) is 65.0 Å². The standard InChI is InChI=1S/C33H28Cl3FN8O/c34-21-3-1-19(2-4-21)32(30-16-45(43-42-30)24-7-9-44(10-8-24)25-17-46-18-25)41-29-12-22(35)11-26-31(20(14-38)15-39-33(26)29)40-23-5-6-28(37)27(36)13-23/h1-6,11-13,15-16,24-25,32,41H,7-10,17-18H2,(H,39,40)/t32-/m0/s1. The number of ether oxygens (including phenoxy) is 1. The highest BCUT2D eigenvalue weighted by molar-refractivity contribution is 6.32. The summed E-state index contributed by atoms with van der Waals surface area (Å²) >= 11 is 19.0. The minimum atomic E-state index is -0.541. The van der Waals surface area contributed by atoms with Crippen LogP contribution in [0.15, 0.2) is 67.0 Å². The van der Waals surface area contributed by atoms with Gasteiger partial charge in [0, 0.05) is 40.4 Å². The molecule has 2 fully saturated rings. The van der Waals surface area contributed by atoms with Crippen LogP contribution in [0.1, 0.15) is 41.7 Å². The second-order valence-electron chi connectivity index (χ2n) is 11.5. The van der Waals surface area contributed by atoms with Crippen LogP contribution in [0.2, 0.25) is 15.1 Å². The van der Waals surface area contributed by atoms with E-state index < -0.39 is 11.9 Å². The van der Waals surface area contributed by atoms with Crippen LogP contribution in [-0.2, 0) is 4.74 Å². The van der Waals surface area contributed by atoms with E-state index in [1.54, 1.807) is 18.2 Å². The molecule has 5 aromatic rings. The van der Waals surface area contributed by atoms with Crippen LogP contribution < -0.4 is 10.6 Å². The first kappa shape index (κ1) is 30.7. The number of fused-ring (bicyclic) bond motifs is 1. The number of piperidine rings is 1. The number of hydrogen-bond acceptors (Lipinski definition) is 8. The lowest BCUT2D eigenvalue weighted by molar-refractivity contribution is -0.0734. The molecule has 2 saturated heterocycles. The molecule has 234 valence electrons. The lowest BCUT2D eigenvalue weighted by atomic mass is 10.0. The molecule has 2 aromatic heterocycles. The molecule has 0 bridgehead atoms. The van der Waals surface area contributed by atoms with Gasteiger partial charge in [-0.05, 0) is 60.9 Å². The monoisotopic (exact) mass is 676 g/mol. The van der Waals surface area contributed by atoms with E-state index in [0.29, 0.717) is 44.1 Å². The molecule has 1 atom stereocenters. The minimum Gasteiger partial charge on any atom is -0.378 e. The first-order chi connectivity index (χ1) is 22.4. The molecular formula is C33H28Cl3FN8O. The maximum atomic E-state index is 13.9. The van der Waals surface area contributed by atoms with Crippen LogP contribution in [0.25, 0.3) is 10.9 Å². The fourth-order valence-electron chi connectivity index (χ4n) is 6.00. The van der Waals surface area contributed by atoms with Gasteiger partial charge in [0.15, 0.2) is 0 Å². The summed E-state index contributed by atoms with van der Waals surface area (Å²) in [6.45, 7) is 3.63. The first-order valence-electron chi connectivity index (χ1n) is 14.9. The maximum absolute atomic E-state index is 13.9. The van der Waals surface area contributed by atoms with E-state index >= 15 is 0 Å². The molecule has 3 aromatic carbocycles. The van der Waals surface area contributed by atoms with Crippen molar-refractivity contribution in [3.8, 4) is 6.07 Å². The fourth-order valence-corrected chi connectivity index (χ4v) is 6.53. The molecule has 2 aliphatic rings. The predicted octanol–water partition coefficient (Wildman–Crippen LogP) is 7.78. The summed E-state index contributed by atoms with van der Waals surface area (Å²) in [5.74, 6) is -0.541. The van der Waals surface area contributed by atoms with E-state index in [1.807, 2.05) is 35.1 Å². The second-order valence-corrected chi connectivity index (χ2v) is 12.8. The predicted molar refractivity (Wildman–Crippen MR) is 178 cm³/mol. The van der Waals surface area contributed by atoms with Gasteiger partial charge in [0.1, 0.15) is 17.6 Å². The summed E-state index contributed by atoms with van der Waals surface area (Å²) in [5, 5.41) is 27.5. The van der Waals surface area contributed by atoms with Crippen molar-refractivity contribution >= 4 is 62.8 Å². The molecule has 9 nitrogen and oxygen atoms in total. The van der Waals surface area contributed by atoms with Gasteiger partial charge >= 0.3 is 0 Å². The minimum absolute atomic E-state index is 0.0420. The average molecular weight is 678 g/mol. The van der Waals surface area contributed by atoms with E-state index in [4.69, 9.17) is 39.5 Å². The molecule has 0 spiro atoms. The molecule has 0 saturated carbocycles. The SMILES string of the molecule is N#Cc1cnc2c(N[C@@H](c3ccc(Cl)cc3)c3cn(C4CCN(C5COC5)CC4)nn3)cc(Cl)cc2c1Nc1ccc(F)c(Cl)c1. The highest BCUT2D eigenvalue weighted by Crippen LogP contribution is 2.38. The number of nitrogens with one attached hydrogen (secondary N) is 2. The molecule has 0 aliphatic carbocycles. The summed E-state index contributed by atoms with van der Waals surface area (Å²) in [6, 6.07) is 17.9. The number of nitriles is 1. The molecule has 4 heterocycles. The van der Waals surface area contributed by atoms with Crippen molar-refractivity contribution in [2.24, 2.45) is 0 Å². The number of pyridine rings is 1. The Hall–Kier alpha value is -3.98. The van der Waals surface area contributed by atoms with Gasteiger partial charge < -0.3 is 15.4 Å². The molecule has 0 unspecified atom stereocenters. The second kappa shape index (κ2) is 13.0. The van der Waals surface area contributed by atoms with E-state index in [-0.39, 0.29) is 16.6 Å². The van der Waals surface area contributed by atoms with Crippen LogP contribution in [0.4, 0.5) is 21.5 Å². The summed E-state index contributed by atoms with van der Waals surface area (Å²) in [7, 11) is 0. The smallest absolute Gasteiger partial charge is 0.141 e. The number of halogens is 4. The summed E-state index contributed by atoms with van der Waals surface area (Å²) in [6.07, 6.45) is 5.46. The number of nitrogens with zero attached hydrogens (tertiary/aromatic N) is 6. The Labute approximate surface area is 279 Å². The molecule has 2 aliphatic heterocycles. The zero-order valence-corrected chi connectivity index (χ0v) is 26.7. The van der Waals surface area contributed by atoms with Crippen LogP contribution in [-0.4, -0.2) is 57.2 Å². The van der Waals surface area contributed by atoms with E-state index in [9.17, 15) is 9.65 Å². The van der Waals surface area contributed by atoms with Crippen LogP contribution in [0, 0.1) is 17.1 Å². The highest BCUT2D eigenvalue weighted by Gasteiger charge is 2.31. The molecule has 46 heavy (non-hydrogen) atoms. The van der Waals surface area contributed by atoms with Gasteiger partial charge in [-0.25, -0.2) is 9.07 Å². The third kappa shape index (κ3) is 6.21. The Kier molecular flexibility index (Phi) is 8.68. The molecular weight excluding hydrogens is 650 g/mol. The number of rotatable bonds is 8. The fraction of sp³-hybridized carbons (Fsp3) is 0.273. The number of benzene rings is 3. The molecule has 2 N–H and O–H groups in total. The van der Waals surface area contributed by atoms with Gasteiger partial charge in [0.25, 0.3) is 0 Å². The van der Waals surface area contributed by atoms with Gasteiger partial charge in [-0.1, -0.05) is 52.1 Å². The Balaban J connectivity index is 1.23. The third-order valence-electron chi connectivity index (χ3n) is 8.58. The molecule has 0 radical (unpaired) electrons. The molecule has 7 rings (SSSR count). The largest absolute Gasteiger partial charge is 0.378 e. The van der Waals surface area contributed by atoms with Crippen molar-refractivity contribution in [3.05, 3.63) is 105 Å². The zero-order valence-electron chi connectivity index (χ0n) is 24.4. The van der Waals surface area contributed by atoms with E-state index in [1.165, 1.54) is 18.3 Å². The summed E-state index contributed by atoms with van der Waals surface area (Å²) in [4.78, 5) is 7.15. The number of anilines is 3. The van der Waals surface area contributed by atoms with Gasteiger partial charge in [-0.2, -0.15) is 5.26 Å². The van der Waals surface area contributed by atoms with Gasteiger partial charge in [-0.3, -0.25) is 9.88 Å². The van der Waals surface area contributed by atoms with Crippen LogP contribution >= 0.6 is 34.8 Å². The third-order valence-corrected chi connectivity index (χ3v) is 9.34. The molecule has 13 heteroatoms. The van der Waals surface area contributed by atoms with Crippen LogP contribution in [0.5, 0.6) is 0 Å². The average Bonchev–Trinajstić information content (AvgIpc) is 3.52. The van der Waals surface area contributed by atoms with Crippen LogP contribution in [0.3, 0.4) is 0 Å². The normalized spacial score (nSPS) is 16.6. The van der Waals surface area contributed by atoms with Crippen molar-refractivity contribution in [1.29, 1.82) is 5.26 Å². The van der Waals surface area contributed by atoms with Gasteiger partial charge in [-0.15, -0.1) is 5.10 Å². The van der Waals surface area contributed by atoms with E-state index in [2.05, 4.69) is 36.9 Å². The Bertz CT molecular complexity index is 1930.